The zero-order valence-electron chi connectivity index (χ0n) is 9.71. The zero-order chi connectivity index (χ0) is 12.3. The van der Waals surface area contributed by atoms with E-state index in [1.807, 2.05) is 0 Å². The lowest BCUT2D eigenvalue weighted by atomic mass is 10.2. The van der Waals surface area contributed by atoms with Crippen molar-refractivity contribution in [1.29, 1.82) is 0 Å². The van der Waals surface area contributed by atoms with E-state index < -0.39 is 0 Å². The van der Waals surface area contributed by atoms with E-state index in [9.17, 15) is 14.0 Å². The first-order chi connectivity index (χ1) is 8.20. The molecule has 98 valence electrons. The van der Waals surface area contributed by atoms with Gasteiger partial charge in [-0.3, -0.25) is 9.59 Å². The van der Waals surface area contributed by atoms with Crippen molar-refractivity contribution in [3.63, 3.8) is 0 Å². The first kappa shape index (κ1) is 14.4. The summed E-state index contributed by atoms with van der Waals surface area (Å²) >= 11 is 0. The summed E-state index contributed by atoms with van der Waals surface area (Å²) in [4.78, 5) is 25.8. The lowest BCUT2D eigenvalue weighted by molar-refractivity contribution is -0.119. The molecular weight excluding hydrogens is 259 g/mol. The number of carbonyl (C=O) groups is 2. The van der Waals surface area contributed by atoms with E-state index in [1.165, 1.54) is 24.3 Å². The van der Waals surface area contributed by atoms with E-state index in [0.29, 0.717) is 31.7 Å². The van der Waals surface area contributed by atoms with E-state index in [-0.39, 0.29) is 24.1 Å². The van der Waals surface area contributed by atoms with Crippen LogP contribution in [-0.2, 0) is 4.79 Å². The van der Waals surface area contributed by atoms with Gasteiger partial charge in [-0.15, -0.1) is 12.4 Å². The molecule has 1 aliphatic rings. The van der Waals surface area contributed by atoms with Gasteiger partial charge in [-0.2, -0.15) is 0 Å². The highest BCUT2D eigenvalue weighted by Gasteiger charge is 2.20. The number of hydrogen-bond acceptors (Lipinski definition) is 2. The number of piperazine rings is 1. The molecule has 4 nitrogen and oxygen atoms in total. The van der Waals surface area contributed by atoms with Gasteiger partial charge in [-0.05, 0) is 24.3 Å². The zero-order valence-corrected chi connectivity index (χ0v) is 10.5. The maximum Gasteiger partial charge on any atom is 0.253 e. The van der Waals surface area contributed by atoms with Crippen molar-refractivity contribution < 1.29 is 14.0 Å². The number of hydrogen-bond donors (Lipinski definition) is 0. The molecule has 18 heavy (non-hydrogen) atoms. The fourth-order valence-corrected chi connectivity index (χ4v) is 1.81. The summed E-state index contributed by atoms with van der Waals surface area (Å²) in [5.41, 5.74) is 0.478. The number of benzene rings is 1. The first-order valence-electron chi connectivity index (χ1n) is 5.45. The van der Waals surface area contributed by atoms with Crippen molar-refractivity contribution >= 4 is 24.7 Å². The summed E-state index contributed by atoms with van der Waals surface area (Å²) in [7, 11) is 0. The Hall–Kier alpha value is -1.62. The molecule has 1 heterocycles. The van der Waals surface area contributed by atoms with Crippen LogP contribution >= 0.6 is 12.4 Å². The van der Waals surface area contributed by atoms with Gasteiger partial charge in [0.15, 0.2) is 0 Å². The number of nitrogens with zero attached hydrogens (tertiary/aromatic N) is 2. The molecule has 0 atom stereocenters. The van der Waals surface area contributed by atoms with Crippen LogP contribution in [0.5, 0.6) is 0 Å². The Morgan fingerprint density at radius 1 is 1.11 bits per heavy atom. The third-order valence-electron chi connectivity index (χ3n) is 2.84. The van der Waals surface area contributed by atoms with Crippen LogP contribution in [0.4, 0.5) is 4.39 Å². The van der Waals surface area contributed by atoms with Gasteiger partial charge in [0.05, 0.1) is 0 Å². The molecule has 0 unspecified atom stereocenters. The van der Waals surface area contributed by atoms with Crippen LogP contribution in [0.25, 0.3) is 0 Å². The molecule has 1 aliphatic heterocycles. The van der Waals surface area contributed by atoms with E-state index >= 15 is 0 Å². The lowest BCUT2D eigenvalue weighted by Gasteiger charge is -2.32. The van der Waals surface area contributed by atoms with Crippen LogP contribution in [0, 0.1) is 5.82 Å². The van der Waals surface area contributed by atoms with Gasteiger partial charge in [-0.1, -0.05) is 0 Å². The highest BCUT2D eigenvalue weighted by molar-refractivity contribution is 5.94. The fraction of sp³-hybridized carbons (Fsp3) is 0.333. The topological polar surface area (TPSA) is 40.6 Å². The van der Waals surface area contributed by atoms with Crippen LogP contribution in [0.3, 0.4) is 0 Å². The second-order valence-electron chi connectivity index (χ2n) is 3.94. The van der Waals surface area contributed by atoms with Crippen molar-refractivity contribution in [1.82, 2.24) is 9.80 Å². The third-order valence-corrected chi connectivity index (χ3v) is 2.84. The predicted molar refractivity (Wildman–Crippen MR) is 67.2 cm³/mol. The third kappa shape index (κ3) is 3.20. The standard InChI is InChI=1S/C12H13FN2O2.ClH/c13-11-3-1-10(2-4-11)12(17)15-7-5-14(9-16)6-8-15;/h1-4,9H,5-8H2;1H. The number of carbonyl (C=O) groups excluding carboxylic acids is 2. The molecule has 0 saturated carbocycles. The van der Waals surface area contributed by atoms with Crippen LogP contribution in [0.2, 0.25) is 0 Å². The average molecular weight is 273 g/mol. The lowest BCUT2D eigenvalue weighted by Crippen LogP contribution is -2.48. The average Bonchev–Trinajstić information content (AvgIpc) is 2.39. The summed E-state index contributed by atoms with van der Waals surface area (Å²) in [5.74, 6) is -0.470. The molecule has 0 bridgehead atoms. The molecule has 0 aromatic heterocycles. The molecule has 1 saturated heterocycles. The Balaban J connectivity index is 0.00000162. The van der Waals surface area contributed by atoms with Crippen molar-refractivity contribution in [2.45, 2.75) is 0 Å². The molecule has 6 heteroatoms. The van der Waals surface area contributed by atoms with Gasteiger partial charge in [-0.25, -0.2) is 4.39 Å². The van der Waals surface area contributed by atoms with E-state index in [0.717, 1.165) is 6.41 Å². The minimum atomic E-state index is -0.354. The van der Waals surface area contributed by atoms with E-state index in [2.05, 4.69) is 0 Å². The molecule has 0 spiro atoms. The highest BCUT2D eigenvalue weighted by Crippen LogP contribution is 2.09. The van der Waals surface area contributed by atoms with Gasteiger partial charge in [0.1, 0.15) is 5.82 Å². The normalized spacial score (nSPS) is 14.9. The molecule has 2 amide bonds. The van der Waals surface area contributed by atoms with Crippen LogP contribution in [-0.4, -0.2) is 48.3 Å². The second kappa shape index (κ2) is 6.35. The molecule has 2 rings (SSSR count). The predicted octanol–water partition coefficient (Wildman–Crippen LogP) is 1.16. The number of amides is 2. The molecule has 0 N–H and O–H groups in total. The fourth-order valence-electron chi connectivity index (χ4n) is 1.81. The molecule has 1 aromatic rings. The van der Waals surface area contributed by atoms with Gasteiger partial charge in [0.25, 0.3) is 5.91 Å². The Kier molecular flexibility index (Phi) is 5.09. The Morgan fingerprint density at radius 3 is 2.17 bits per heavy atom. The minimum absolute atomic E-state index is 0. The summed E-state index contributed by atoms with van der Waals surface area (Å²) in [6.07, 6.45) is 0.791. The molecule has 1 fully saturated rings. The molecule has 1 aromatic carbocycles. The summed E-state index contributed by atoms with van der Waals surface area (Å²) in [6, 6.07) is 5.50. The van der Waals surface area contributed by atoms with Crippen LogP contribution in [0.15, 0.2) is 24.3 Å². The van der Waals surface area contributed by atoms with Crippen molar-refractivity contribution in [3.8, 4) is 0 Å². The quantitative estimate of drug-likeness (QED) is 0.758. The molecular formula is C12H14ClFN2O2. The largest absolute Gasteiger partial charge is 0.342 e. The minimum Gasteiger partial charge on any atom is -0.342 e. The summed E-state index contributed by atoms with van der Waals surface area (Å²) in [5, 5.41) is 0. The highest BCUT2D eigenvalue weighted by atomic mass is 35.5. The van der Waals surface area contributed by atoms with E-state index in [4.69, 9.17) is 0 Å². The van der Waals surface area contributed by atoms with Crippen molar-refractivity contribution in [2.75, 3.05) is 26.2 Å². The van der Waals surface area contributed by atoms with E-state index in [1.54, 1.807) is 9.80 Å². The maximum absolute atomic E-state index is 12.7. The van der Waals surface area contributed by atoms with Crippen molar-refractivity contribution in [3.05, 3.63) is 35.6 Å². The van der Waals surface area contributed by atoms with Gasteiger partial charge >= 0.3 is 0 Å². The number of rotatable bonds is 2. The summed E-state index contributed by atoms with van der Waals surface area (Å²) in [6.45, 7) is 2.15. The molecule has 0 radical (unpaired) electrons. The SMILES string of the molecule is Cl.O=CN1CCN(C(=O)c2ccc(F)cc2)CC1. The van der Waals surface area contributed by atoms with Gasteiger partial charge in [0, 0.05) is 31.7 Å². The Bertz CT molecular complexity index is 417. The second-order valence-corrected chi connectivity index (χ2v) is 3.94. The van der Waals surface area contributed by atoms with Gasteiger partial charge < -0.3 is 9.80 Å². The van der Waals surface area contributed by atoms with Crippen molar-refractivity contribution in [2.24, 2.45) is 0 Å². The smallest absolute Gasteiger partial charge is 0.253 e. The first-order valence-corrected chi connectivity index (χ1v) is 5.45. The number of halogens is 2. The summed E-state index contributed by atoms with van der Waals surface area (Å²) < 4.78 is 12.7. The van der Waals surface area contributed by atoms with Crippen LogP contribution < -0.4 is 0 Å². The monoisotopic (exact) mass is 272 g/mol. The maximum atomic E-state index is 12.7. The molecule has 0 aliphatic carbocycles. The van der Waals surface area contributed by atoms with Gasteiger partial charge in [0.2, 0.25) is 6.41 Å². The van der Waals surface area contributed by atoms with Crippen LogP contribution in [0.1, 0.15) is 10.4 Å². The Labute approximate surface area is 111 Å². The Morgan fingerprint density at radius 2 is 1.67 bits per heavy atom.